The van der Waals surface area contributed by atoms with Gasteiger partial charge >= 0.3 is 5.97 Å². The van der Waals surface area contributed by atoms with Crippen molar-refractivity contribution in [3.63, 3.8) is 0 Å². The molecule has 0 amide bonds. The molecule has 0 saturated carbocycles. The summed E-state index contributed by atoms with van der Waals surface area (Å²) in [6.07, 6.45) is 1.88. The van der Waals surface area contributed by atoms with E-state index in [1.54, 1.807) is 6.92 Å². The van der Waals surface area contributed by atoms with Gasteiger partial charge in [0.1, 0.15) is 0 Å². The summed E-state index contributed by atoms with van der Waals surface area (Å²) in [5.41, 5.74) is 0.0737. The first-order valence-electron chi connectivity index (χ1n) is 5.51. The number of carbonyl (C=O) groups is 1. The summed E-state index contributed by atoms with van der Waals surface area (Å²) in [6, 6.07) is 0. The number of nitrogens with zero attached hydrogens (tertiary/aromatic N) is 1. The van der Waals surface area contributed by atoms with Gasteiger partial charge < -0.3 is 5.11 Å². The van der Waals surface area contributed by atoms with Crippen LogP contribution in [0.25, 0.3) is 0 Å². The zero-order valence-corrected chi connectivity index (χ0v) is 11.6. The van der Waals surface area contributed by atoms with Crippen molar-refractivity contribution >= 4 is 17.3 Å². The van der Waals surface area contributed by atoms with Crippen LogP contribution in [0.15, 0.2) is 18.0 Å². The summed E-state index contributed by atoms with van der Waals surface area (Å²) in [7, 11) is 0. The number of aromatic nitrogens is 1. The lowest BCUT2D eigenvalue weighted by Crippen LogP contribution is -2.27. The molecule has 0 aliphatic heterocycles. The zero-order valence-electron chi connectivity index (χ0n) is 10.8. The molecule has 0 aromatic carbocycles. The molecule has 1 heterocycles. The molecule has 1 atom stereocenters. The molecule has 4 heteroatoms. The number of aliphatic carboxylic acids is 1. The van der Waals surface area contributed by atoms with Crippen LogP contribution >= 0.6 is 11.3 Å². The average Bonchev–Trinajstić information content (AvgIpc) is 2.65. The van der Waals surface area contributed by atoms with Crippen molar-refractivity contribution < 1.29 is 9.90 Å². The van der Waals surface area contributed by atoms with E-state index in [0.717, 1.165) is 10.7 Å². The lowest BCUT2D eigenvalue weighted by Gasteiger charge is -2.18. The maximum Gasteiger partial charge on any atom is 0.313 e. The minimum atomic E-state index is -0.937. The van der Waals surface area contributed by atoms with E-state index in [2.05, 4.69) is 32.3 Å². The number of hydrogen-bond donors (Lipinski definition) is 1. The molecule has 1 aromatic heterocycles. The van der Waals surface area contributed by atoms with Gasteiger partial charge in [0.2, 0.25) is 0 Å². The Morgan fingerprint density at radius 3 is 2.47 bits per heavy atom. The standard InChI is InChI=1S/C13H19NO2S/c1-6-13(5,11(15)16)7-10-14-9(8-17-10)12(2,3)4/h6,8H,1,7H2,2-5H3,(H,15,16). The van der Waals surface area contributed by atoms with Gasteiger partial charge in [-0.1, -0.05) is 26.8 Å². The van der Waals surface area contributed by atoms with Gasteiger partial charge in [-0.15, -0.1) is 17.9 Å². The second-order valence-electron chi connectivity index (χ2n) is 5.48. The zero-order chi connectivity index (χ0) is 13.3. The first-order valence-corrected chi connectivity index (χ1v) is 6.39. The Kier molecular flexibility index (Phi) is 3.77. The molecule has 0 spiro atoms. The minimum absolute atomic E-state index is 0.00253. The molecule has 1 rings (SSSR count). The molecular formula is C13H19NO2S. The van der Waals surface area contributed by atoms with Crippen LogP contribution in [0.2, 0.25) is 0 Å². The fraction of sp³-hybridized carbons (Fsp3) is 0.538. The molecule has 0 fully saturated rings. The van der Waals surface area contributed by atoms with E-state index in [-0.39, 0.29) is 5.41 Å². The Hall–Kier alpha value is -1.16. The molecule has 0 radical (unpaired) electrons. The van der Waals surface area contributed by atoms with Gasteiger partial charge in [-0.3, -0.25) is 4.79 Å². The number of hydrogen-bond acceptors (Lipinski definition) is 3. The molecular weight excluding hydrogens is 234 g/mol. The van der Waals surface area contributed by atoms with E-state index in [9.17, 15) is 4.79 Å². The highest BCUT2D eigenvalue weighted by Gasteiger charge is 2.31. The summed E-state index contributed by atoms with van der Waals surface area (Å²) in [6.45, 7) is 11.5. The Balaban J connectivity index is 2.93. The van der Waals surface area contributed by atoms with E-state index in [1.165, 1.54) is 17.4 Å². The third kappa shape index (κ3) is 3.16. The van der Waals surface area contributed by atoms with Crippen molar-refractivity contribution in [1.29, 1.82) is 0 Å². The summed E-state index contributed by atoms with van der Waals surface area (Å²) >= 11 is 1.51. The lowest BCUT2D eigenvalue weighted by molar-refractivity contribution is -0.145. The molecule has 1 unspecified atom stereocenters. The number of carboxylic acid groups (broad SMARTS) is 1. The van der Waals surface area contributed by atoms with Crippen LogP contribution < -0.4 is 0 Å². The van der Waals surface area contributed by atoms with E-state index in [0.29, 0.717) is 6.42 Å². The van der Waals surface area contributed by atoms with Gasteiger partial charge in [0.25, 0.3) is 0 Å². The van der Waals surface area contributed by atoms with E-state index >= 15 is 0 Å². The van der Waals surface area contributed by atoms with Crippen molar-refractivity contribution in [3.8, 4) is 0 Å². The third-order valence-corrected chi connectivity index (χ3v) is 3.63. The van der Waals surface area contributed by atoms with Crippen molar-refractivity contribution in [3.05, 3.63) is 28.7 Å². The number of carboxylic acids is 1. The van der Waals surface area contributed by atoms with Crippen molar-refractivity contribution in [2.45, 2.75) is 39.5 Å². The monoisotopic (exact) mass is 253 g/mol. The van der Waals surface area contributed by atoms with Gasteiger partial charge in [-0.05, 0) is 6.92 Å². The van der Waals surface area contributed by atoms with Crippen molar-refractivity contribution in [1.82, 2.24) is 4.98 Å². The Morgan fingerprint density at radius 2 is 2.12 bits per heavy atom. The minimum Gasteiger partial charge on any atom is -0.481 e. The normalized spacial score (nSPS) is 15.3. The molecule has 3 nitrogen and oxygen atoms in total. The topological polar surface area (TPSA) is 50.2 Å². The molecule has 0 bridgehead atoms. The molecule has 1 aromatic rings. The molecule has 94 valence electrons. The molecule has 0 saturated heterocycles. The molecule has 0 aliphatic rings. The number of rotatable bonds is 4. The summed E-state index contributed by atoms with van der Waals surface area (Å²) < 4.78 is 0. The van der Waals surface area contributed by atoms with Crippen molar-refractivity contribution in [2.75, 3.05) is 0 Å². The van der Waals surface area contributed by atoms with Crippen LogP contribution in [0.3, 0.4) is 0 Å². The highest BCUT2D eigenvalue weighted by Crippen LogP contribution is 2.29. The van der Waals surface area contributed by atoms with Crippen LogP contribution in [0.5, 0.6) is 0 Å². The smallest absolute Gasteiger partial charge is 0.313 e. The predicted molar refractivity (Wildman–Crippen MR) is 70.5 cm³/mol. The third-order valence-electron chi connectivity index (χ3n) is 2.78. The lowest BCUT2D eigenvalue weighted by atomic mass is 9.87. The van der Waals surface area contributed by atoms with E-state index < -0.39 is 11.4 Å². The second-order valence-corrected chi connectivity index (χ2v) is 6.42. The first-order chi connectivity index (χ1) is 7.69. The van der Waals surface area contributed by atoms with Crippen LogP contribution in [0, 0.1) is 5.41 Å². The van der Waals surface area contributed by atoms with E-state index in [1.807, 2.05) is 5.38 Å². The highest BCUT2D eigenvalue weighted by atomic mass is 32.1. The maximum atomic E-state index is 11.2. The van der Waals surface area contributed by atoms with Gasteiger partial charge in [0.15, 0.2) is 0 Å². The van der Waals surface area contributed by atoms with Gasteiger partial charge in [-0.25, -0.2) is 4.98 Å². The largest absolute Gasteiger partial charge is 0.481 e. The van der Waals surface area contributed by atoms with Crippen molar-refractivity contribution in [2.24, 2.45) is 5.41 Å². The van der Waals surface area contributed by atoms with Crippen LogP contribution in [0.4, 0.5) is 0 Å². The maximum absolute atomic E-state index is 11.2. The fourth-order valence-electron chi connectivity index (χ4n) is 1.29. The summed E-state index contributed by atoms with van der Waals surface area (Å²) in [4.78, 5) is 15.7. The second kappa shape index (κ2) is 4.61. The first kappa shape index (κ1) is 13.9. The summed E-state index contributed by atoms with van der Waals surface area (Å²) in [5.74, 6) is -0.861. The average molecular weight is 253 g/mol. The predicted octanol–water partition coefficient (Wildman–Crippen LogP) is 3.26. The van der Waals surface area contributed by atoms with Gasteiger partial charge in [-0.2, -0.15) is 0 Å². The Morgan fingerprint density at radius 1 is 1.53 bits per heavy atom. The van der Waals surface area contributed by atoms with E-state index in [4.69, 9.17) is 5.11 Å². The highest BCUT2D eigenvalue weighted by molar-refractivity contribution is 7.09. The fourth-order valence-corrected chi connectivity index (χ4v) is 2.47. The van der Waals surface area contributed by atoms with Gasteiger partial charge in [0.05, 0.1) is 16.1 Å². The van der Waals surface area contributed by atoms with Gasteiger partial charge in [0, 0.05) is 17.2 Å². The van der Waals surface area contributed by atoms with Crippen LogP contribution in [-0.2, 0) is 16.6 Å². The quantitative estimate of drug-likeness (QED) is 0.838. The summed E-state index contributed by atoms with van der Waals surface area (Å²) in [5, 5.41) is 12.0. The Bertz CT molecular complexity index is 431. The molecule has 1 N–H and O–H groups in total. The van der Waals surface area contributed by atoms with Crippen LogP contribution in [-0.4, -0.2) is 16.1 Å². The molecule has 17 heavy (non-hydrogen) atoms. The number of thiazole rings is 1. The molecule has 0 aliphatic carbocycles. The SMILES string of the molecule is C=CC(C)(Cc1nc(C(C)(C)C)cs1)C(=O)O. The Labute approximate surface area is 106 Å². The van der Waals surface area contributed by atoms with Crippen LogP contribution in [0.1, 0.15) is 38.4 Å².